The van der Waals surface area contributed by atoms with Crippen LogP contribution in [-0.2, 0) is 5.41 Å². The largest absolute Gasteiger partial charge is 0.496 e. The number of rotatable bonds is 2. The van der Waals surface area contributed by atoms with Gasteiger partial charge in [0.2, 0.25) is 0 Å². The van der Waals surface area contributed by atoms with Gasteiger partial charge in [-0.05, 0) is 48.6 Å². The number of methoxy groups -OCH3 is 1. The van der Waals surface area contributed by atoms with Gasteiger partial charge in [0, 0.05) is 10.8 Å². The van der Waals surface area contributed by atoms with Gasteiger partial charge in [0.1, 0.15) is 5.75 Å². The summed E-state index contributed by atoms with van der Waals surface area (Å²) in [6, 6.07) is 13.2. The second-order valence-corrected chi connectivity index (χ2v) is 6.52. The molecule has 2 unspecified atom stereocenters. The fourth-order valence-electron chi connectivity index (χ4n) is 4.76. The van der Waals surface area contributed by atoms with E-state index in [9.17, 15) is 0 Å². The Bertz CT molecular complexity index is 770. The molecule has 1 heteroatoms. The Balaban J connectivity index is 1.79. The molecule has 5 rings (SSSR count). The monoisotopic (exact) mass is 262 g/mol. The zero-order valence-electron chi connectivity index (χ0n) is 11.8. The lowest BCUT2D eigenvalue weighted by Crippen LogP contribution is -2.16. The third-order valence-electron chi connectivity index (χ3n) is 5.82. The smallest absolute Gasteiger partial charge is 0.126 e. The fraction of sp³-hybridized carbons (Fsp3) is 0.368. The molecule has 100 valence electrons. The zero-order valence-corrected chi connectivity index (χ0v) is 11.8. The van der Waals surface area contributed by atoms with Crippen LogP contribution in [-0.4, -0.2) is 7.11 Å². The van der Waals surface area contributed by atoms with Crippen molar-refractivity contribution in [1.29, 1.82) is 0 Å². The molecule has 1 fully saturated rings. The van der Waals surface area contributed by atoms with Crippen LogP contribution in [0.1, 0.15) is 31.2 Å². The second-order valence-electron chi connectivity index (χ2n) is 6.52. The van der Waals surface area contributed by atoms with Crippen LogP contribution in [0.5, 0.6) is 5.75 Å². The van der Waals surface area contributed by atoms with Crippen LogP contribution in [0.3, 0.4) is 0 Å². The molecule has 20 heavy (non-hydrogen) atoms. The van der Waals surface area contributed by atoms with E-state index in [1.165, 1.54) is 36.5 Å². The highest BCUT2D eigenvalue weighted by atomic mass is 16.5. The Morgan fingerprint density at radius 3 is 2.60 bits per heavy atom. The first-order valence-electron chi connectivity index (χ1n) is 7.62. The molecule has 2 aromatic carbocycles. The maximum absolute atomic E-state index is 5.54. The van der Waals surface area contributed by atoms with Crippen LogP contribution in [0.2, 0.25) is 0 Å². The van der Waals surface area contributed by atoms with Crippen LogP contribution < -0.4 is 4.74 Å². The third kappa shape index (κ3) is 1.11. The molecule has 0 aromatic heterocycles. The van der Waals surface area contributed by atoms with Crippen molar-refractivity contribution in [2.45, 2.75) is 31.1 Å². The summed E-state index contributed by atoms with van der Waals surface area (Å²) < 4.78 is 5.54. The van der Waals surface area contributed by atoms with Gasteiger partial charge in [0.15, 0.2) is 0 Å². The van der Waals surface area contributed by atoms with E-state index in [4.69, 9.17) is 4.74 Å². The van der Waals surface area contributed by atoms with Crippen molar-refractivity contribution in [3.8, 4) is 5.75 Å². The van der Waals surface area contributed by atoms with E-state index in [0.29, 0.717) is 5.41 Å². The second kappa shape index (κ2) is 3.46. The van der Waals surface area contributed by atoms with Crippen LogP contribution in [0.15, 0.2) is 47.5 Å². The lowest BCUT2D eigenvalue weighted by atomic mass is 9.77. The van der Waals surface area contributed by atoms with Gasteiger partial charge in [-0.1, -0.05) is 41.5 Å². The Kier molecular flexibility index (Phi) is 1.90. The number of allylic oxidation sites excluding steroid dienone is 2. The molecule has 1 nitrogen and oxygen atoms in total. The standard InChI is InChI=1S/C19H18O/c1-20-18-9-8-17(14-4-2-3-5-15(14)18)19-11-13(19)10-12-6-7-16(12)19/h2-5,8-9,13H,6-7,10-11H2,1H3. The summed E-state index contributed by atoms with van der Waals surface area (Å²) in [5.74, 6) is 1.89. The molecule has 0 heterocycles. The summed E-state index contributed by atoms with van der Waals surface area (Å²) in [6.45, 7) is 0. The number of benzene rings is 2. The van der Waals surface area contributed by atoms with E-state index in [1.807, 2.05) is 0 Å². The molecule has 1 saturated carbocycles. The summed E-state index contributed by atoms with van der Waals surface area (Å²) in [7, 11) is 1.77. The van der Waals surface area contributed by atoms with Crippen molar-refractivity contribution >= 4 is 10.8 Å². The van der Waals surface area contributed by atoms with E-state index in [2.05, 4.69) is 36.4 Å². The number of hydrogen-bond donors (Lipinski definition) is 0. The highest BCUT2D eigenvalue weighted by Crippen LogP contribution is 2.72. The Morgan fingerprint density at radius 1 is 1.05 bits per heavy atom. The van der Waals surface area contributed by atoms with Gasteiger partial charge in [-0.3, -0.25) is 0 Å². The van der Waals surface area contributed by atoms with Gasteiger partial charge < -0.3 is 4.74 Å². The van der Waals surface area contributed by atoms with Gasteiger partial charge in [-0.25, -0.2) is 0 Å². The van der Waals surface area contributed by atoms with Gasteiger partial charge in [-0.15, -0.1) is 0 Å². The van der Waals surface area contributed by atoms with Crippen molar-refractivity contribution in [1.82, 2.24) is 0 Å². The first kappa shape index (κ1) is 11.0. The quantitative estimate of drug-likeness (QED) is 0.719. The summed E-state index contributed by atoms with van der Waals surface area (Å²) >= 11 is 0. The molecular weight excluding hydrogens is 244 g/mol. The molecule has 2 aromatic rings. The molecule has 3 aliphatic rings. The maximum Gasteiger partial charge on any atom is 0.126 e. The van der Waals surface area contributed by atoms with Crippen LogP contribution >= 0.6 is 0 Å². The SMILES string of the molecule is COc1ccc(C23CC2CC2=C3CC2)c2ccccc12. The average Bonchev–Trinajstić information content (AvgIpc) is 3.11. The average molecular weight is 262 g/mol. The fourth-order valence-corrected chi connectivity index (χ4v) is 4.76. The van der Waals surface area contributed by atoms with Gasteiger partial charge in [0.05, 0.1) is 7.11 Å². The van der Waals surface area contributed by atoms with Crippen LogP contribution in [0, 0.1) is 5.92 Å². The third-order valence-corrected chi connectivity index (χ3v) is 5.82. The van der Waals surface area contributed by atoms with Crippen molar-refractivity contribution in [2.24, 2.45) is 5.92 Å². The normalized spacial score (nSPS) is 29.9. The summed E-state index contributed by atoms with van der Waals surface area (Å²) in [6.07, 6.45) is 5.45. The highest BCUT2D eigenvalue weighted by molar-refractivity contribution is 5.93. The van der Waals surface area contributed by atoms with Gasteiger partial charge in [-0.2, -0.15) is 0 Å². The minimum absolute atomic E-state index is 0.416. The molecule has 0 spiro atoms. The topological polar surface area (TPSA) is 9.23 Å². The summed E-state index contributed by atoms with van der Waals surface area (Å²) in [5.41, 5.74) is 5.54. The number of hydrogen-bond acceptors (Lipinski definition) is 1. The van der Waals surface area contributed by atoms with Gasteiger partial charge in [0.25, 0.3) is 0 Å². The molecule has 0 amide bonds. The van der Waals surface area contributed by atoms with Gasteiger partial charge >= 0.3 is 0 Å². The maximum atomic E-state index is 5.54. The van der Waals surface area contributed by atoms with E-state index < -0.39 is 0 Å². The van der Waals surface area contributed by atoms with Crippen molar-refractivity contribution in [3.63, 3.8) is 0 Å². The van der Waals surface area contributed by atoms with Crippen molar-refractivity contribution in [2.75, 3.05) is 7.11 Å². The van der Waals surface area contributed by atoms with Crippen molar-refractivity contribution in [3.05, 3.63) is 53.1 Å². The van der Waals surface area contributed by atoms with E-state index >= 15 is 0 Å². The van der Waals surface area contributed by atoms with Crippen molar-refractivity contribution < 1.29 is 4.74 Å². The first-order chi connectivity index (χ1) is 9.84. The lowest BCUT2D eigenvalue weighted by Gasteiger charge is -2.28. The predicted octanol–water partition coefficient (Wildman–Crippen LogP) is 4.60. The molecule has 2 atom stereocenters. The number of fused-ring (bicyclic) bond motifs is 3. The summed E-state index contributed by atoms with van der Waals surface area (Å²) in [4.78, 5) is 0. The van der Waals surface area contributed by atoms with E-state index in [1.54, 1.807) is 23.8 Å². The summed E-state index contributed by atoms with van der Waals surface area (Å²) in [5, 5.41) is 2.66. The molecule has 0 bridgehead atoms. The van der Waals surface area contributed by atoms with E-state index in [0.717, 1.165) is 11.7 Å². The van der Waals surface area contributed by atoms with Crippen LogP contribution in [0.4, 0.5) is 0 Å². The molecule has 0 saturated heterocycles. The number of ether oxygens (including phenoxy) is 1. The zero-order chi connectivity index (χ0) is 13.3. The Hall–Kier alpha value is -1.76. The molecule has 0 radical (unpaired) electrons. The predicted molar refractivity (Wildman–Crippen MR) is 81.2 cm³/mol. The molecule has 0 aliphatic heterocycles. The first-order valence-corrected chi connectivity index (χ1v) is 7.62. The molecular formula is C19H18O. The molecule has 3 aliphatic carbocycles. The van der Waals surface area contributed by atoms with E-state index in [-0.39, 0.29) is 0 Å². The minimum Gasteiger partial charge on any atom is -0.496 e. The molecule has 0 N–H and O–H groups in total. The van der Waals surface area contributed by atoms with Crippen LogP contribution in [0.25, 0.3) is 10.8 Å². The lowest BCUT2D eigenvalue weighted by molar-refractivity contribution is 0.419. The highest BCUT2D eigenvalue weighted by Gasteiger charge is 2.63. The Labute approximate surface area is 119 Å². The Morgan fingerprint density at radius 2 is 1.90 bits per heavy atom. The minimum atomic E-state index is 0.416.